The fraction of sp³-hybridized carbons (Fsp3) is 0.900. The van der Waals surface area contributed by atoms with Gasteiger partial charge in [-0.05, 0) is 18.8 Å². The van der Waals surface area contributed by atoms with E-state index in [0.29, 0.717) is 5.92 Å². The highest BCUT2D eigenvalue weighted by Crippen LogP contribution is 2.24. The molecule has 0 aromatic rings. The van der Waals surface area contributed by atoms with E-state index in [1.54, 1.807) is 0 Å². The third-order valence-corrected chi connectivity index (χ3v) is 3.41. The molecular formula is C10H18INO2. The van der Waals surface area contributed by atoms with Crippen LogP contribution in [0.2, 0.25) is 0 Å². The van der Waals surface area contributed by atoms with E-state index < -0.39 is 0 Å². The number of carbonyl (C=O) groups is 1. The molecule has 1 rings (SSSR count). The van der Waals surface area contributed by atoms with Crippen LogP contribution in [0.25, 0.3) is 0 Å². The van der Waals surface area contributed by atoms with Crippen molar-refractivity contribution in [1.29, 1.82) is 0 Å². The van der Waals surface area contributed by atoms with Crippen LogP contribution in [0.3, 0.4) is 0 Å². The van der Waals surface area contributed by atoms with Crippen molar-refractivity contribution in [2.75, 3.05) is 13.1 Å². The van der Waals surface area contributed by atoms with Crippen LogP contribution in [-0.4, -0.2) is 33.1 Å². The molecule has 1 N–H and O–H groups in total. The number of rotatable bonds is 3. The van der Waals surface area contributed by atoms with Gasteiger partial charge in [0.1, 0.15) is 0 Å². The Morgan fingerprint density at radius 2 is 2.29 bits per heavy atom. The molecule has 0 bridgehead atoms. The molecule has 1 fully saturated rings. The van der Waals surface area contributed by atoms with E-state index >= 15 is 0 Å². The van der Waals surface area contributed by atoms with Gasteiger partial charge in [0, 0.05) is 41.6 Å². The molecule has 0 radical (unpaired) electrons. The highest BCUT2D eigenvalue weighted by molar-refractivity contribution is 14.1. The molecule has 0 spiro atoms. The number of nitrogens with zero attached hydrogens (tertiary/aromatic N) is 1. The van der Waals surface area contributed by atoms with E-state index in [1.165, 1.54) is 0 Å². The average molecular weight is 311 g/mol. The fourth-order valence-corrected chi connectivity index (χ4v) is 2.37. The first kappa shape index (κ1) is 12.2. The second kappa shape index (κ2) is 5.30. The molecule has 1 saturated heterocycles. The number of halogens is 1. The third kappa shape index (κ3) is 3.38. The molecule has 3 nitrogen and oxygen atoms in total. The molecule has 1 aliphatic heterocycles. The molecule has 1 heterocycles. The number of carbonyl (C=O) groups excluding carboxylic acids is 1. The number of aliphatic hydroxyl groups is 1. The zero-order valence-electron chi connectivity index (χ0n) is 8.74. The maximum atomic E-state index is 11.1. The molecule has 82 valence electrons. The summed E-state index contributed by atoms with van der Waals surface area (Å²) in [6.45, 7) is 5.76. The topological polar surface area (TPSA) is 40.5 Å². The summed E-state index contributed by atoms with van der Waals surface area (Å²) in [7, 11) is 0. The third-order valence-electron chi connectivity index (χ3n) is 2.73. The second-order valence-corrected chi connectivity index (χ2v) is 5.37. The Hall–Kier alpha value is 0.160. The number of hydrogen-bond acceptors (Lipinski definition) is 2. The Balaban J connectivity index is 2.37. The number of aliphatic hydroxyl groups excluding tert-OH is 1. The van der Waals surface area contributed by atoms with Crippen molar-refractivity contribution in [3.8, 4) is 0 Å². The van der Waals surface area contributed by atoms with Crippen molar-refractivity contribution in [3.63, 3.8) is 0 Å². The minimum atomic E-state index is -0.240. The first-order valence-electron chi connectivity index (χ1n) is 5.13. The van der Waals surface area contributed by atoms with E-state index in [4.69, 9.17) is 0 Å². The summed E-state index contributed by atoms with van der Waals surface area (Å²) >= 11 is 1.81. The maximum absolute atomic E-state index is 11.1. The van der Waals surface area contributed by atoms with Crippen LogP contribution >= 0.6 is 22.6 Å². The minimum absolute atomic E-state index is 0.0989. The molecule has 4 heteroatoms. The van der Waals surface area contributed by atoms with Gasteiger partial charge in [-0.1, -0.05) is 13.8 Å². The van der Waals surface area contributed by atoms with Gasteiger partial charge in [0.25, 0.3) is 3.91 Å². The van der Waals surface area contributed by atoms with Crippen molar-refractivity contribution in [2.45, 2.75) is 32.8 Å². The van der Waals surface area contributed by atoms with Crippen LogP contribution in [0.5, 0.6) is 0 Å². The van der Waals surface area contributed by atoms with Crippen molar-refractivity contribution < 1.29 is 9.90 Å². The second-order valence-electron chi connectivity index (χ2n) is 4.44. The lowest BCUT2D eigenvalue weighted by Crippen LogP contribution is -2.27. The summed E-state index contributed by atoms with van der Waals surface area (Å²) in [5, 5.41) is 9.88. The van der Waals surface area contributed by atoms with Crippen molar-refractivity contribution in [2.24, 2.45) is 11.8 Å². The first-order valence-corrected chi connectivity index (χ1v) is 6.21. The summed E-state index contributed by atoms with van der Waals surface area (Å²) in [6.07, 6.45) is 1.55. The van der Waals surface area contributed by atoms with Crippen LogP contribution in [0, 0.1) is 11.8 Å². The lowest BCUT2D eigenvalue weighted by molar-refractivity contribution is 0.0916. The molecule has 0 aromatic carbocycles. The largest absolute Gasteiger partial charge is 0.393 e. The van der Waals surface area contributed by atoms with E-state index in [1.807, 2.05) is 27.5 Å². The number of likely N-dealkylation sites (tertiary alicyclic amines) is 1. The Morgan fingerprint density at radius 1 is 1.64 bits per heavy atom. The normalized spacial score (nSPS) is 24.4. The standard InChI is InChI=1S/C10H18INO2/c1-7(2)5-9(13)8-3-4-12(6-8)10(11)14/h7-9,13H,3-6H2,1-2H3/t8-,9?/m0/s1. The van der Waals surface area contributed by atoms with Crippen molar-refractivity contribution in [3.05, 3.63) is 0 Å². The van der Waals surface area contributed by atoms with E-state index in [2.05, 4.69) is 13.8 Å². The first-order chi connectivity index (χ1) is 6.50. The Kier molecular flexibility index (Phi) is 4.63. The summed E-state index contributed by atoms with van der Waals surface area (Å²) in [5.74, 6) is 0.811. The zero-order valence-corrected chi connectivity index (χ0v) is 10.9. The molecule has 14 heavy (non-hydrogen) atoms. The molecule has 0 saturated carbocycles. The monoisotopic (exact) mass is 311 g/mol. The van der Waals surface area contributed by atoms with Gasteiger partial charge >= 0.3 is 0 Å². The van der Waals surface area contributed by atoms with Gasteiger partial charge in [-0.2, -0.15) is 0 Å². The van der Waals surface area contributed by atoms with E-state index in [0.717, 1.165) is 25.9 Å². The van der Waals surface area contributed by atoms with Gasteiger partial charge in [-0.25, -0.2) is 0 Å². The summed E-state index contributed by atoms with van der Waals surface area (Å²) < 4.78 is 0.0989. The fourth-order valence-electron chi connectivity index (χ4n) is 1.94. The van der Waals surface area contributed by atoms with Crippen LogP contribution in [0.4, 0.5) is 4.79 Å². The molecule has 0 aliphatic carbocycles. The van der Waals surface area contributed by atoms with Crippen LogP contribution < -0.4 is 0 Å². The summed E-state index contributed by atoms with van der Waals surface area (Å²) in [6, 6.07) is 0. The van der Waals surface area contributed by atoms with Crippen LogP contribution in [0.1, 0.15) is 26.7 Å². The van der Waals surface area contributed by atoms with Crippen molar-refractivity contribution >= 4 is 26.5 Å². The van der Waals surface area contributed by atoms with Crippen molar-refractivity contribution in [1.82, 2.24) is 4.90 Å². The smallest absolute Gasteiger partial charge is 0.283 e. The molecule has 1 aliphatic rings. The molecule has 2 atom stereocenters. The number of amides is 1. The Labute approximate surface area is 99.0 Å². The summed E-state index contributed by atoms with van der Waals surface area (Å²) in [5.41, 5.74) is 0. The minimum Gasteiger partial charge on any atom is -0.393 e. The van der Waals surface area contributed by atoms with Gasteiger partial charge in [-0.3, -0.25) is 4.79 Å². The lowest BCUT2D eigenvalue weighted by Gasteiger charge is -2.20. The van der Waals surface area contributed by atoms with Gasteiger partial charge in [-0.15, -0.1) is 0 Å². The quantitative estimate of drug-likeness (QED) is 0.493. The Bertz CT molecular complexity index is 208. The highest BCUT2D eigenvalue weighted by atomic mass is 127. The van der Waals surface area contributed by atoms with E-state index in [9.17, 15) is 9.90 Å². The average Bonchev–Trinajstić information content (AvgIpc) is 2.50. The predicted molar refractivity (Wildman–Crippen MR) is 64.6 cm³/mol. The van der Waals surface area contributed by atoms with E-state index in [-0.39, 0.29) is 15.9 Å². The van der Waals surface area contributed by atoms with Gasteiger partial charge in [0.2, 0.25) is 0 Å². The van der Waals surface area contributed by atoms with Gasteiger partial charge in [0.05, 0.1) is 6.10 Å². The summed E-state index contributed by atoms with van der Waals surface area (Å²) in [4.78, 5) is 12.9. The molecule has 1 unspecified atom stereocenters. The highest BCUT2D eigenvalue weighted by Gasteiger charge is 2.30. The number of hydrogen-bond donors (Lipinski definition) is 1. The maximum Gasteiger partial charge on any atom is 0.283 e. The lowest BCUT2D eigenvalue weighted by atomic mass is 9.94. The van der Waals surface area contributed by atoms with Crippen LogP contribution in [0.15, 0.2) is 0 Å². The molecule has 1 amide bonds. The zero-order chi connectivity index (χ0) is 10.7. The molecule has 0 aromatic heterocycles. The van der Waals surface area contributed by atoms with Gasteiger partial charge < -0.3 is 10.0 Å². The SMILES string of the molecule is CC(C)CC(O)[C@H]1CCN(C(=O)I)C1. The predicted octanol–water partition coefficient (Wildman–Crippen LogP) is 2.27. The Morgan fingerprint density at radius 3 is 2.71 bits per heavy atom. The molecular weight excluding hydrogens is 293 g/mol. The van der Waals surface area contributed by atoms with Gasteiger partial charge in [0.15, 0.2) is 0 Å². The van der Waals surface area contributed by atoms with Crippen LogP contribution in [-0.2, 0) is 0 Å².